The summed E-state index contributed by atoms with van der Waals surface area (Å²) in [6.07, 6.45) is 6.60. The number of hydrazine groups is 1. The minimum Gasteiger partial charge on any atom is -0.271 e. The number of aryl methyl sites for hydroxylation is 1. The van der Waals surface area contributed by atoms with Crippen LogP contribution in [0.1, 0.15) is 56.2 Å². The SMILES string of the molecule is CCC1CCCCC1C(NN)c1cccc(C)c1Br. The zero-order chi connectivity index (χ0) is 13.8. The van der Waals surface area contributed by atoms with Crippen molar-refractivity contribution < 1.29 is 0 Å². The third-order valence-corrected chi connectivity index (χ3v) is 5.74. The summed E-state index contributed by atoms with van der Waals surface area (Å²) < 4.78 is 1.21. The molecule has 1 fully saturated rings. The molecule has 0 radical (unpaired) electrons. The summed E-state index contributed by atoms with van der Waals surface area (Å²) >= 11 is 3.73. The topological polar surface area (TPSA) is 38.0 Å². The fourth-order valence-electron chi connectivity index (χ4n) is 3.54. The molecule has 1 aliphatic rings. The summed E-state index contributed by atoms with van der Waals surface area (Å²) in [4.78, 5) is 0. The van der Waals surface area contributed by atoms with Gasteiger partial charge in [-0.05, 0) is 36.3 Å². The molecule has 0 amide bonds. The standard InChI is InChI=1S/C16H25BrN2/c1-3-12-8-4-5-9-13(12)16(19-18)14-10-6-7-11(2)15(14)17/h6-7,10,12-13,16,19H,3-5,8-9,18H2,1-2H3. The Morgan fingerprint density at radius 2 is 2.11 bits per heavy atom. The lowest BCUT2D eigenvalue weighted by molar-refractivity contribution is 0.175. The average Bonchev–Trinajstić information content (AvgIpc) is 2.45. The second-order valence-electron chi connectivity index (χ2n) is 5.74. The quantitative estimate of drug-likeness (QED) is 0.633. The summed E-state index contributed by atoms with van der Waals surface area (Å²) in [5.41, 5.74) is 5.68. The Hall–Kier alpha value is -0.380. The first-order valence-electron chi connectivity index (χ1n) is 7.40. The number of nitrogens with two attached hydrogens (primary N) is 1. The molecule has 3 N–H and O–H groups in total. The van der Waals surface area contributed by atoms with Gasteiger partial charge in [-0.15, -0.1) is 0 Å². The molecular formula is C16H25BrN2. The molecule has 19 heavy (non-hydrogen) atoms. The summed E-state index contributed by atoms with van der Waals surface area (Å²) in [6.45, 7) is 4.45. The van der Waals surface area contributed by atoms with Crippen molar-refractivity contribution in [3.63, 3.8) is 0 Å². The van der Waals surface area contributed by atoms with Crippen LogP contribution in [0.5, 0.6) is 0 Å². The van der Waals surface area contributed by atoms with E-state index in [0.29, 0.717) is 5.92 Å². The van der Waals surface area contributed by atoms with Gasteiger partial charge in [-0.25, -0.2) is 0 Å². The molecule has 0 aromatic heterocycles. The van der Waals surface area contributed by atoms with Crippen molar-refractivity contribution in [2.75, 3.05) is 0 Å². The molecule has 0 aliphatic heterocycles. The van der Waals surface area contributed by atoms with E-state index in [9.17, 15) is 0 Å². The molecule has 0 heterocycles. The Bertz CT molecular complexity index is 419. The largest absolute Gasteiger partial charge is 0.271 e. The molecule has 2 rings (SSSR count). The molecule has 0 spiro atoms. The van der Waals surface area contributed by atoms with Crippen molar-refractivity contribution in [2.24, 2.45) is 17.7 Å². The third-order valence-electron chi connectivity index (χ3n) is 4.66. The monoisotopic (exact) mass is 324 g/mol. The Kier molecular flexibility index (Phi) is 5.43. The molecule has 1 aliphatic carbocycles. The van der Waals surface area contributed by atoms with Crippen LogP contribution < -0.4 is 11.3 Å². The fraction of sp³-hybridized carbons (Fsp3) is 0.625. The number of rotatable bonds is 4. The van der Waals surface area contributed by atoms with Crippen LogP contribution in [0.15, 0.2) is 22.7 Å². The van der Waals surface area contributed by atoms with Crippen molar-refractivity contribution in [1.82, 2.24) is 5.43 Å². The Morgan fingerprint density at radius 1 is 1.37 bits per heavy atom. The first-order chi connectivity index (χ1) is 9.19. The van der Waals surface area contributed by atoms with Gasteiger partial charge >= 0.3 is 0 Å². The predicted molar refractivity (Wildman–Crippen MR) is 84.7 cm³/mol. The van der Waals surface area contributed by atoms with Crippen LogP contribution in [0.4, 0.5) is 0 Å². The smallest absolute Gasteiger partial charge is 0.0502 e. The zero-order valence-corrected chi connectivity index (χ0v) is 13.5. The van der Waals surface area contributed by atoms with E-state index in [1.807, 2.05) is 0 Å². The van der Waals surface area contributed by atoms with E-state index in [4.69, 9.17) is 5.84 Å². The van der Waals surface area contributed by atoms with E-state index in [0.717, 1.165) is 5.92 Å². The van der Waals surface area contributed by atoms with Gasteiger partial charge in [-0.1, -0.05) is 66.7 Å². The lowest BCUT2D eigenvalue weighted by Crippen LogP contribution is -2.38. The van der Waals surface area contributed by atoms with Crippen molar-refractivity contribution in [3.05, 3.63) is 33.8 Å². The summed E-state index contributed by atoms with van der Waals surface area (Å²) in [5.74, 6) is 7.35. The number of hydrogen-bond acceptors (Lipinski definition) is 2. The van der Waals surface area contributed by atoms with E-state index < -0.39 is 0 Å². The van der Waals surface area contributed by atoms with Crippen molar-refractivity contribution in [1.29, 1.82) is 0 Å². The minimum atomic E-state index is 0.263. The van der Waals surface area contributed by atoms with Crippen LogP contribution in [-0.4, -0.2) is 0 Å². The van der Waals surface area contributed by atoms with Gasteiger partial charge in [0.1, 0.15) is 0 Å². The lowest BCUT2D eigenvalue weighted by Gasteiger charge is -2.37. The molecule has 3 heteroatoms. The molecular weight excluding hydrogens is 300 g/mol. The van der Waals surface area contributed by atoms with Gasteiger partial charge in [0.05, 0.1) is 6.04 Å². The van der Waals surface area contributed by atoms with Gasteiger partial charge < -0.3 is 0 Å². The zero-order valence-electron chi connectivity index (χ0n) is 12.0. The number of hydrogen-bond donors (Lipinski definition) is 2. The normalized spacial score (nSPS) is 25.3. The first-order valence-corrected chi connectivity index (χ1v) is 8.19. The second-order valence-corrected chi connectivity index (χ2v) is 6.53. The maximum atomic E-state index is 5.90. The number of benzene rings is 1. The van der Waals surface area contributed by atoms with Crippen LogP contribution in [0.2, 0.25) is 0 Å². The highest BCUT2D eigenvalue weighted by Gasteiger charge is 2.32. The summed E-state index contributed by atoms with van der Waals surface area (Å²) in [5, 5.41) is 0. The molecule has 2 nitrogen and oxygen atoms in total. The number of halogens is 1. The Balaban J connectivity index is 2.30. The van der Waals surface area contributed by atoms with Crippen molar-refractivity contribution in [3.8, 4) is 0 Å². The van der Waals surface area contributed by atoms with Crippen molar-refractivity contribution in [2.45, 2.75) is 52.0 Å². The molecule has 0 bridgehead atoms. The molecule has 0 saturated heterocycles. The van der Waals surface area contributed by atoms with Gasteiger partial charge in [0.25, 0.3) is 0 Å². The Labute approximate surface area is 125 Å². The summed E-state index contributed by atoms with van der Waals surface area (Å²) in [7, 11) is 0. The Morgan fingerprint density at radius 3 is 2.79 bits per heavy atom. The van der Waals surface area contributed by atoms with Crippen LogP contribution in [0.3, 0.4) is 0 Å². The minimum absolute atomic E-state index is 0.263. The second kappa shape index (κ2) is 6.87. The van der Waals surface area contributed by atoms with E-state index in [2.05, 4.69) is 53.4 Å². The highest BCUT2D eigenvalue weighted by atomic mass is 79.9. The lowest BCUT2D eigenvalue weighted by atomic mass is 9.72. The van der Waals surface area contributed by atoms with Gasteiger partial charge in [0, 0.05) is 4.47 Å². The molecule has 3 unspecified atom stereocenters. The molecule has 1 aromatic carbocycles. The predicted octanol–water partition coefficient (Wildman–Crippen LogP) is 4.48. The third kappa shape index (κ3) is 3.21. The van der Waals surface area contributed by atoms with Gasteiger partial charge in [0.15, 0.2) is 0 Å². The van der Waals surface area contributed by atoms with Crippen LogP contribution in [0, 0.1) is 18.8 Å². The van der Waals surface area contributed by atoms with Gasteiger partial charge in [-0.3, -0.25) is 11.3 Å². The average molecular weight is 325 g/mol. The molecule has 106 valence electrons. The molecule has 3 atom stereocenters. The van der Waals surface area contributed by atoms with E-state index in [1.165, 1.54) is 47.7 Å². The van der Waals surface area contributed by atoms with Gasteiger partial charge in [0.2, 0.25) is 0 Å². The van der Waals surface area contributed by atoms with Crippen molar-refractivity contribution >= 4 is 15.9 Å². The fourth-order valence-corrected chi connectivity index (χ4v) is 4.05. The highest BCUT2D eigenvalue weighted by molar-refractivity contribution is 9.10. The first kappa shape index (κ1) is 15.0. The number of nitrogens with one attached hydrogen (secondary N) is 1. The van der Waals surface area contributed by atoms with Crippen LogP contribution in [-0.2, 0) is 0 Å². The maximum absolute atomic E-state index is 5.90. The molecule has 1 saturated carbocycles. The van der Waals surface area contributed by atoms with Crippen LogP contribution >= 0.6 is 15.9 Å². The molecule has 1 aromatic rings. The highest BCUT2D eigenvalue weighted by Crippen LogP contribution is 2.42. The maximum Gasteiger partial charge on any atom is 0.0502 e. The van der Waals surface area contributed by atoms with Crippen LogP contribution in [0.25, 0.3) is 0 Å². The van der Waals surface area contributed by atoms with E-state index in [1.54, 1.807) is 0 Å². The van der Waals surface area contributed by atoms with E-state index >= 15 is 0 Å². The van der Waals surface area contributed by atoms with E-state index in [-0.39, 0.29) is 6.04 Å². The van der Waals surface area contributed by atoms with Gasteiger partial charge in [-0.2, -0.15) is 0 Å². The summed E-state index contributed by atoms with van der Waals surface area (Å²) in [6, 6.07) is 6.73.